The molecule has 2 atom stereocenters. The topological polar surface area (TPSA) is 166 Å². The van der Waals surface area contributed by atoms with Gasteiger partial charge in [-0.15, -0.1) is 0 Å². The van der Waals surface area contributed by atoms with Crippen LogP contribution in [0.4, 0.5) is 4.79 Å². The number of hydrogen-bond donors (Lipinski definition) is 1. The largest absolute Gasteiger partial charge is 0.497 e. The lowest BCUT2D eigenvalue weighted by atomic mass is 10.1. The molecule has 1 fully saturated rings. The van der Waals surface area contributed by atoms with Gasteiger partial charge in [-0.25, -0.2) is 19.7 Å². The lowest BCUT2D eigenvalue weighted by molar-refractivity contribution is 0.0526. The van der Waals surface area contributed by atoms with Gasteiger partial charge in [0.05, 0.1) is 37.9 Å². The van der Waals surface area contributed by atoms with Crippen molar-refractivity contribution in [1.82, 2.24) is 35.0 Å². The third kappa shape index (κ3) is 21.3. The molecule has 1 amide bonds. The number of methoxy groups -OCH3 is 2. The lowest BCUT2D eigenvalue weighted by Gasteiger charge is -2.35. The fraction of sp³-hybridized carbons (Fsp3) is 0.403. The summed E-state index contributed by atoms with van der Waals surface area (Å²) in [5.74, 6) is 21.4. The van der Waals surface area contributed by atoms with E-state index in [0.29, 0.717) is 104 Å². The van der Waals surface area contributed by atoms with Crippen molar-refractivity contribution in [3.63, 3.8) is 0 Å². The van der Waals surface area contributed by atoms with Gasteiger partial charge in [-0.3, -0.25) is 19.3 Å². The van der Waals surface area contributed by atoms with Crippen LogP contribution in [0.3, 0.4) is 0 Å². The van der Waals surface area contributed by atoms with Gasteiger partial charge in [-0.05, 0) is 171 Å². The summed E-state index contributed by atoms with van der Waals surface area (Å²) >= 11 is 0. The summed E-state index contributed by atoms with van der Waals surface area (Å²) in [5, 5.41) is 2.94. The number of unbranched alkanes of at least 4 members (excludes halogenated alkanes) is 1. The number of nitrogens with one attached hydrogen (secondary N) is 1. The Hall–Kier alpha value is -6.81. The Morgan fingerprint density at radius 3 is 1.47 bits per heavy atom. The van der Waals surface area contributed by atoms with E-state index in [9.17, 15) is 18.5 Å². The first-order valence-corrected chi connectivity index (χ1v) is 36.0. The molecule has 4 heterocycles. The van der Waals surface area contributed by atoms with Gasteiger partial charge >= 0.3 is 6.09 Å². The van der Waals surface area contributed by atoms with Crippen LogP contribution in [0.5, 0.6) is 11.5 Å². The predicted octanol–water partition coefficient (Wildman–Crippen LogP) is 10.3. The van der Waals surface area contributed by atoms with Gasteiger partial charge in [-0.2, -0.15) is 0 Å². The summed E-state index contributed by atoms with van der Waals surface area (Å²) in [7, 11) is -5.81. The molecule has 1 aliphatic rings. The van der Waals surface area contributed by atoms with Crippen LogP contribution in [0.25, 0.3) is 0 Å². The van der Waals surface area contributed by atoms with E-state index in [4.69, 9.17) is 33.7 Å². The van der Waals surface area contributed by atoms with E-state index in [1.807, 2.05) is 138 Å². The van der Waals surface area contributed by atoms with Gasteiger partial charge in [0, 0.05) is 105 Å². The molecule has 15 nitrogen and oxygen atoms in total. The van der Waals surface area contributed by atoms with Crippen LogP contribution >= 0.6 is 21.7 Å². The maximum atomic E-state index is 14.3. The molecule has 1 N–H and O–H groups in total. The Morgan fingerprint density at radius 1 is 0.576 bits per heavy atom. The second kappa shape index (κ2) is 30.0. The average Bonchev–Trinajstić information content (AvgIpc) is 3.73. The van der Waals surface area contributed by atoms with Gasteiger partial charge in [0.15, 0.2) is 0 Å². The molecule has 1 saturated heterocycles. The van der Waals surface area contributed by atoms with E-state index >= 15 is 0 Å². The van der Waals surface area contributed by atoms with Gasteiger partial charge in [0.1, 0.15) is 47.7 Å². The van der Waals surface area contributed by atoms with Crippen molar-refractivity contribution in [3.8, 4) is 47.0 Å². The normalized spacial score (nSPS) is 15.2. The number of carbonyl (C=O) groups is 1. The van der Waals surface area contributed by atoms with E-state index in [1.54, 1.807) is 53.6 Å². The van der Waals surface area contributed by atoms with Crippen molar-refractivity contribution in [1.29, 1.82) is 0 Å². The van der Waals surface area contributed by atoms with Crippen molar-refractivity contribution in [3.05, 3.63) is 165 Å². The third-order valence-electron chi connectivity index (χ3n) is 14.0. The summed E-state index contributed by atoms with van der Waals surface area (Å²) in [6.45, 7) is 22.9. The number of benzene rings is 3. The highest BCUT2D eigenvalue weighted by Gasteiger charge is 2.29. The molecule has 0 aliphatic carbocycles. The van der Waals surface area contributed by atoms with Gasteiger partial charge < -0.3 is 33.2 Å². The summed E-state index contributed by atoms with van der Waals surface area (Å²) in [5.41, 5.74) is 8.57. The van der Waals surface area contributed by atoms with E-state index in [0.717, 1.165) is 58.0 Å². The average molecular weight is 1210 g/mol. The lowest BCUT2D eigenvalue weighted by Crippen LogP contribution is -2.45. The fourth-order valence-electron chi connectivity index (χ4n) is 9.48. The Morgan fingerprint density at radius 2 is 1.00 bits per heavy atom. The van der Waals surface area contributed by atoms with Crippen molar-refractivity contribution >= 4 is 44.1 Å². The van der Waals surface area contributed by atoms with Crippen molar-refractivity contribution < 1.29 is 37.2 Å². The zero-order valence-electron chi connectivity index (χ0n) is 51.5. The Kier molecular flexibility index (Phi) is 23.2. The number of aromatic nitrogens is 3. The Balaban J connectivity index is 1.31. The molecule has 1 aliphatic heterocycles. The Labute approximate surface area is 504 Å². The van der Waals surface area contributed by atoms with E-state index in [-0.39, 0.29) is 12.6 Å². The maximum Gasteiger partial charge on any atom is 0.407 e. The number of pyridine rings is 3. The highest BCUT2D eigenvalue weighted by molar-refractivity contribution is 7.70. The van der Waals surface area contributed by atoms with E-state index in [1.165, 1.54) is 0 Å². The Bertz CT molecular complexity index is 3620. The first-order chi connectivity index (χ1) is 40.3. The minimum atomic E-state index is -3.36. The number of hydrogen-bond acceptors (Lipinski definition) is 14. The number of nitrogens with zero attached hydrogens (tertiary/aromatic N) is 6. The van der Waals surface area contributed by atoms with Gasteiger partial charge in [-0.1, -0.05) is 59.6 Å². The number of aryl methyl sites for hydroxylation is 1. The zero-order chi connectivity index (χ0) is 61.4. The van der Waals surface area contributed by atoms with Crippen LogP contribution in [0.2, 0.25) is 0 Å². The van der Waals surface area contributed by atoms with Gasteiger partial charge in [0.25, 0.3) is 0 Å². The standard InChI is InChI=1S/C67H82N7O8P3/c1-13-81-85(12,78)65-45-56(26-21-51-19-17-50(2)18-20-51)41-58(71-65)47-73-37-36-72(46-57-40-54(43-63(69-57)83(8,9)76)24-22-52-27-31-61(79-6)32-28-52)38-39-74(60(49-73)16-14-15-35-68-66(75)82-67(3,4)5)48-59-42-55(44-64(70-59)84(10,11)77)25-23-53-29-33-62(80-7)34-30-53/h17-20,27-34,40-45,60H,13-16,35-39,46-49H2,1-12H3,(H,68,75)/t60-,85?/m0/s1. The summed E-state index contributed by atoms with van der Waals surface area (Å²) in [6, 6.07) is 34.5. The molecule has 3 aromatic carbocycles. The first-order valence-electron chi connectivity index (χ1n) is 28.8. The molecule has 448 valence electrons. The fourth-order valence-corrected chi connectivity index (χ4v) is 12.4. The molecular weight excluding hydrogens is 1120 g/mol. The highest BCUT2D eigenvalue weighted by atomic mass is 31.2. The highest BCUT2D eigenvalue weighted by Crippen LogP contribution is 2.41. The van der Waals surface area contributed by atoms with Crippen LogP contribution in [0.15, 0.2) is 109 Å². The molecule has 0 bridgehead atoms. The predicted molar refractivity (Wildman–Crippen MR) is 344 cm³/mol. The van der Waals surface area contributed by atoms with E-state index in [2.05, 4.69) is 55.5 Å². The number of amides is 1. The van der Waals surface area contributed by atoms with E-state index < -0.39 is 33.3 Å². The van der Waals surface area contributed by atoms with Crippen LogP contribution in [-0.2, 0) is 42.6 Å². The molecule has 0 spiro atoms. The van der Waals surface area contributed by atoms with Crippen LogP contribution in [0, 0.1) is 42.4 Å². The second-order valence-corrected chi connectivity index (χ2v) is 31.9. The van der Waals surface area contributed by atoms with Gasteiger partial charge in [0.2, 0.25) is 7.37 Å². The number of carbonyl (C=O) groups excluding carboxylic acids is 1. The first kappa shape index (κ1) is 65.7. The smallest absolute Gasteiger partial charge is 0.407 e. The minimum Gasteiger partial charge on any atom is -0.497 e. The molecule has 0 saturated carbocycles. The number of rotatable bonds is 18. The second-order valence-electron chi connectivity index (χ2n) is 23.2. The molecule has 7 rings (SSSR count). The van der Waals surface area contributed by atoms with Crippen molar-refractivity contribution in [2.45, 2.75) is 85.2 Å². The zero-order valence-corrected chi connectivity index (χ0v) is 54.1. The third-order valence-corrected chi connectivity index (χ3v) is 18.4. The maximum absolute atomic E-state index is 14.3. The van der Waals surface area contributed by atoms with Crippen LogP contribution < -0.4 is 31.1 Å². The summed E-state index contributed by atoms with van der Waals surface area (Å²) in [6.07, 6.45) is 1.75. The monoisotopic (exact) mass is 1210 g/mol. The quantitative estimate of drug-likeness (QED) is 0.0491. The molecule has 0 radical (unpaired) electrons. The molecule has 18 heteroatoms. The number of alkyl carbamates (subject to hydrolysis) is 1. The SMILES string of the molecule is CCOP(C)(=O)c1cc(C#Cc2ccc(C)cc2)cc(CN2CCN(Cc3cc(C#Cc4ccc(OC)cc4)cc(P(C)(C)=O)n3)CCN(Cc3cc(C#Cc4ccc(OC)cc4)cc(P(C)(C)=O)n3)[C@@H](CCCCNC(=O)OC(C)(C)C)C2)n1. The van der Waals surface area contributed by atoms with Crippen LogP contribution in [0.1, 0.15) is 103 Å². The molecular formula is C67H82N7O8P3. The van der Waals surface area contributed by atoms with Crippen molar-refractivity contribution in [2.75, 3.05) is 93.4 Å². The molecule has 1 unspecified atom stereocenters. The van der Waals surface area contributed by atoms with Crippen LogP contribution in [-0.4, -0.2) is 141 Å². The minimum absolute atomic E-state index is 0.0761. The molecule has 85 heavy (non-hydrogen) atoms. The molecule has 6 aromatic rings. The number of ether oxygens (including phenoxy) is 3. The molecule has 3 aromatic heterocycles. The summed E-state index contributed by atoms with van der Waals surface area (Å²) < 4.78 is 64.3. The van der Waals surface area contributed by atoms with Crippen molar-refractivity contribution in [2.24, 2.45) is 0 Å². The summed E-state index contributed by atoms with van der Waals surface area (Å²) in [4.78, 5) is 35.2.